The van der Waals surface area contributed by atoms with Crippen molar-refractivity contribution in [1.29, 1.82) is 0 Å². The second-order valence-electron chi connectivity index (χ2n) is 3.25. The Morgan fingerprint density at radius 1 is 1.23 bits per heavy atom. The molecule has 3 heteroatoms. The van der Waals surface area contributed by atoms with Crippen LogP contribution in [-0.2, 0) is 0 Å². The number of rotatable bonds is 2. The molecule has 0 saturated carbocycles. The molecule has 1 nitrogen and oxygen atoms in total. The zero-order valence-electron chi connectivity index (χ0n) is 7.65. The van der Waals surface area contributed by atoms with Crippen LogP contribution in [0, 0.1) is 0 Å². The molecular formula is C10H13ClOS. The van der Waals surface area contributed by atoms with Gasteiger partial charge in [-0.1, -0.05) is 30.3 Å². The molecule has 1 aromatic rings. The van der Waals surface area contributed by atoms with E-state index in [1.54, 1.807) is 26.0 Å². The van der Waals surface area contributed by atoms with Gasteiger partial charge in [-0.25, -0.2) is 0 Å². The molecule has 13 heavy (non-hydrogen) atoms. The van der Waals surface area contributed by atoms with Crippen molar-refractivity contribution in [2.75, 3.05) is 0 Å². The molecule has 0 amide bonds. The Bertz CT molecular complexity index is 277. The highest BCUT2D eigenvalue weighted by atomic mass is 35.5. The standard InChI is InChI=1S/C10H12OS.ClH/c1-10(2,12)9(11)8-6-4-3-5-7-8;/h3-7,12H,1-2H3;1H. The molecule has 0 N–H and O–H groups in total. The van der Waals surface area contributed by atoms with Gasteiger partial charge >= 0.3 is 0 Å². The Morgan fingerprint density at radius 2 is 1.69 bits per heavy atom. The number of ketones is 1. The Kier molecular flexibility index (Phi) is 4.51. The third-order valence-electron chi connectivity index (χ3n) is 1.59. The van der Waals surface area contributed by atoms with Crippen LogP contribution >= 0.6 is 25.0 Å². The van der Waals surface area contributed by atoms with Crippen LogP contribution in [0.4, 0.5) is 0 Å². The van der Waals surface area contributed by atoms with E-state index in [1.807, 2.05) is 18.2 Å². The lowest BCUT2D eigenvalue weighted by atomic mass is 10.0. The SMILES string of the molecule is CC(C)(S)C(=O)c1ccccc1.Cl. The Labute approximate surface area is 90.4 Å². The number of carbonyl (C=O) groups is 1. The molecule has 0 fully saturated rings. The van der Waals surface area contributed by atoms with Crippen LogP contribution in [0.5, 0.6) is 0 Å². The van der Waals surface area contributed by atoms with Crippen molar-refractivity contribution in [1.82, 2.24) is 0 Å². The van der Waals surface area contributed by atoms with Crippen molar-refractivity contribution >= 4 is 30.8 Å². The van der Waals surface area contributed by atoms with Gasteiger partial charge in [-0.15, -0.1) is 12.4 Å². The highest BCUT2D eigenvalue weighted by molar-refractivity contribution is 7.82. The molecule has 1 aromatic carbocycles. The van der Waals surface area contributed by atoms with Crippen molar-refractivity contribution in [2.45, 2.75) is 18.6 Å². The molecule has 0 aliphatic carbocycles. The minimum Gasteiger partial charge on any atom is -0.293 e. The minimum atomic E-state index is -0.582. The molecule has 0 atom stereocenters. The topological polar surface area (TPSA) is 17.1 Å². The summed E-state index contributed by atoms with van der Waals surface area (Å²) in [5.74, 6) is 0.0615. The summed E-state index contributed by atoms with van der Waals surface area (Å²) in [7, 11) is 0. The van der Waals surface area contributed by atoms with Crippen LogP contribution in [0.1, 0.15) is 24.2 Å². The molecule has 0 aliphatic heterocycles. The van der Waals surface area contributed by atoms with Gasteiger partial charge in [0.05, 0.1) is 4.75 Å². The van der Waals surface area contributed by atoms with E-state index in [9.17, 15) is 4.79 Å². The molecule has 0 radical (unpaired) electrons. The first-order valence-corrected chi connectivity index (χ1v) is 4.29. The lowest BCUT2D eigenvalue weighted by molar-refractivity contribution is 0.0959. The highest BCUT2D eigenvalue weighted by Crippen LogP contribution is 2.18. The molecule has 72 valence electrons. The van der Waals surface area contributed by atoms with Gasteiger partial charge in [0.2, 0.25) is 0 Å². The van der Waals surface area contributed by atoms with E-state index in [4.69, 9.17) is 0 Å². The third-order valence-corrected chi connectivity index (χ3v) is 1.79. The summed E-state index contributed by atoms with van der Waals surface area (Å²) in [6.45, 7) is 3.59. The zero-order chi connectivity index (χ0) is 9.19. The van der Waals surface area contributed by atoms with Crippen molar-refractivity contribution < 1.29 is 4.79 Å². The summed E-state index contributed by atoms with van der Waals surface area (Å²) < 4.78 is -0.582. The van der Waals surface area contributed by atoms with Crippen LogP contribution in [-0.4, -0.2) is 10.5 Å². The van der Waals surface area contributed by atoms with Gasteiger partial charge in [0, 0.05) is 5.56 Å². The van der Waals surface area contributed by atoms with Gasteiger partial charge in [-0.3, -0.25) is 4.79 Å². The number of hydrogen-bond donors (Lipinski definition) is 1. The van der Waals surface area contributed by atoms with Crippen molar-refractivity contribution in [3.05, 3.63) is 35.9 Å². The number of hydrogen-bond acceptors (Lipinski definition) is 2. The maximum Gasteiger partial charge on any atom is 0.178 e. The predicted molar refractivity (Wildman–Crippen MR) is 61.1 cm³/mol. The monoisotopic (exact) mass is 216 g/mol. The lowest BCUT2D eigenvalue weighted by Gasteiger charge is -2.15. The summed E-state index contributed by atoms with van der Waals surface area (Å²) in [6, 6.07) is 9.21. The van der Waals surface area contributed by atoms with Crippen LogP contribution in [0.25, 0.3) is 0 Å². The summed E-state index contributed by atoms with van der Waals surface area (Å²) in [5.41, 5.74) is 0.720. The van der Waals surface area contributed by atoms with E-state index in [-0.39, 0.29) is 18.2 Å². The van der Waals surface area contributed by atoms with Gasteiger partial charge < -0.3 is 0 Å². The fourth-order valence-electron chi connectivity index (χ4n) is 0.943. The number of carbonyl (C=O) groups excluding carboxylic acids is 1. The quantitative estimate of drug-likeness (QED) is 0.594. The molecule has 0 bridgehead atoms. The van der Waals surface area contributed by atoms with Gasteiger partial charge in [0.25, 0.3) is 0 Å². The second-order valence-corrected chi connectivity index (χ2v) is 4.37. The first-order chi connectivity index (χ1) is 5.52. The average Bonchev–Trinajstić information content (AvgIpc) is 2.03. The number of thiol groups is 1. The normalized spacial score (nSPS) is 10.4. The third kappa shape index (κ3) is 3.41. The second kappa shape index (κ2) is 4.68. The molecule has 0 aliphatic rings. The maximum absolute atomic E-state index is 11.6. The van der Waals surface area contributed by atoms with Gasteiger partial charge in [0.15, 0.2) is 5.78 Å². The zero-order valence-corrected chi connectivity index (χ0v) is 9.36. The molecule has 0 saturated heterocycles. The summed E-state index contributed by atoms with van der Waals surface area (Å²) >= 11 is 4.21. The highest BCUT2D eigenvalue weighted by Gasteiger charge is 2.23. The van der Waals surface area contributed by atoms with Crippen LogP contribution in [0.2, 0.25) is 0 Å². The van der Waals surface area contributed by atoms with E-state index in [1.165, 1.54) is 0 Å². The molecule has 0 heterocycles. The van der Waals surface area contributed by atoms with E-state index in [2.05, 4.69) is 12.6 Å². The maximum atomic E-state index is 11.6. The molecule has 0 unspecified atom stereocenters. The summed E-state index contributed by atoms with van der Waals surface area (Å²) in [5, 5.41) is 0. The van der Waals surface area contributed by atoms with Gasteiger partial charge in [-0.2, -0.15) is 12.6 Å². The molecular weight excluding hydrogens is 204 g/mol. The average molecular weight is 217 g/mol. The minimum absolute atomic E-state index is 0. The van der Waals surface area contributed by atoms with Crippen molar-refractivity contribution in [3.8, 4) is 0 Å². The predicted octanol–water partition coefficient (Wildman–Crippen LogP) is 3.00. The first kappa shape index (κ1) is 12.5. The molecule has 1 rings (SSSR count). The summed E-state index contributed by atoms with van der Waals surface area (Å²) in [6.07, 6.45) is 0. The van der Waals surface area contributed by atoms with Gasteiger partial charge in [0.1, 0.15) is 0 Å². The van der Waals surface area contributed by atoms with Crippen molar-refractivity contribution in [2.24, 2.45) is 0 Å². The Morgan fingerprint density at radius 3 is 2.08 bits per heavy atom. The van der Waals surface area contributed by atoms with Crippen LogP contribution in [0.15, 0.2) is 30.3 Å². The smallest absolute Gasteiger partial charge is 0.178 e. The molecule has 0 aromatic heterocycles. The Balaban J connectivity index is 0.00000144. The van der Waals surface area contributed by atoms with E-state index >= 15 is 0 Å². The molecule has 0 spiro atoms. The van der Waals surface area contributed by atoms with E-state index in [0.717, 1.165) is 5.56 Å². The fraction of sp³-hybridized carbons (Fsp3) is 0.300. The number of Topliss-reactive ketones (excluding diaryl/α,β-unsaturated/α-hetero) is 1. The van der Waals surface area contributed by atoms with Crippen LogP contribution < -0.4 is 0 Å². The Hall–Kier alpha value is -0.470. The number of benzene rings is 1. The van der Waals surface area contributed by atoms with Crippen molar-refractivity contribution in [3.63, 3.8) is 0 Å². The first-order valence-electron chi connectivity index (χ1n) is 3.84. The lowest BCUT2D eigenvalue weighted by Crippen LogP contribution is -2.24. The van der Waals surface area contributed by atoms with Gasteiger partial charge in [-0.05, 0) is 13.8 Å². The fourth-order valence-corrected chi connectivity index (χ4v) is 1.07. The summed E-state index contributed by atoms with van der Waals surface area (Å²) in [4.78, 5) is 11.6. The van der Waals surface area contributed by atoms with E-state index in [0.29, 0.717) is 0 Å². The van der Waals surface area contributed by atoms with Crippen LogP contribution in [0.3, 0.4) is 0 Å². The van der Waals surface area contributed by atoms with E-state index < -0.39 is 4.75 Å². The largest absolute Gasteiger partial charge is 0.293 e. The number of halogens is 1.